The standard InChI is InChI=1S/CHF3O3S.3Na.H2O4S.3H/c2-1(3,4)8(5,6)7;;;;1-5(2,3)4;;;/h(H,5,6,7);;;;(H2,1,2,3,4);;;. The van der Waals surface area contributed by atoms with Crippen LogP contribution in [0, 0.1) is 0 Å². The van der Waals surface area contributed by atoms with Crippen LogP contribution in [0.15, 0.2) is 0 Å². The van der Waals surface area contributed by atoms with Crippen molar-refractivity contribution in [2.45, 2.75) is 5.51 Å². The minimum atomic E-state index is -5.84. The Labute approximate surface area is 156 Å². The van der Waals surface area contributed by atoms with Gasteiger partial charge in [0.2, 0.25) is 0 Å². The van der Waals surface area contributed by atoms with Gasteiger partial charge >= 0.3 is 115 Å². The van der Waals surface area contributed by atoms with Gasteiger partial charge in [0.15, 0.2) is 0 Å². The van der Waals surface area contributed by atoms with Crippen LogP contribution in [0.25, 0.3) is 0 Å². The molecule has 0 aliphatic heterocycles. The van der Waals surface area contributed by atoms with Gasteiger partial charge in [-0.15, -0.1) is 0 Å². The van der Waals surface area contributed by atoms with Gasteiger partial charge in [0.25, 0.3) is 0 Å². The molecule has 0 radical (unpaired) electrons. The van der Waals surface area contributed by atoms with Gasteiger partial charge in [-0.2, -0.15) is 30.0 Å². The van der Waals surface area contributed by atoms with E-state index in [2.05, 4.69) is 0 Å². The third-order valence-electron chi connectivity index (χ3n) is 0.292. The Morgan fingerprint density at radius 1 is 0.750 bits per heavy atom. The van der Waals surface area contributed by atoms with Crippen molar-refractivity contribution in [1.82, 2.24) is 0 Å². The molecule has 0 atom stereocenters. The van der Waals surface area contributed by atoms with Crippen molar-refractivity contribution in [3.63, 3.8) is 0 Å². The van der Waals surface area contributed by atoms with E-state index in [1.165, 1.54) is 0 Å². The van der Waals surface area contributed by atoms with Crippen molar-refractivity contribution in [3.8, 4) is 0 Å². The molecule has 0 spiro atoms. The van der Waals surface area contributed by atoms with Gasteiger partial charge in [-0.1, -0.05) is 0 Å². The van der Waals surface area contributed by atoms with Crippen LogP contribution in [0.3, 0.4) is 0 Å². The fourth-order valence-electron chi connectivity index (χ4n) is 0. The molecule has 7 nitrogen and oxygen atoms in total. The second kappa shape index (κ2) is 11.4. The van der Waals surface area contributed by atoms with Crippen LogP contribution in [0.1, 0.15) is 0 Å². The zero-order valence-electron chi connectivity index (χ0n) is 5.43. The van der Waals surface area contributed by atoms with Crippen LogP contribution in [-0.2, 0) is 20.5 Å². The first kappa shape index (κ1) is 31.1. The van der Waals surface area contributed by atoms with Gasteiger partial charge in [0.05, 0.1) is 0 Å². The topological polar surface area (TPSA) is 129 Å². The maximum atomic E-state index is 10.7. The molecule has 0 rings (SSSR count). The molecular weight excluding hydrogens is 314 g/mol. The monoisotopic (exact) mass is 320 g/mol. The van der Waals surface area contributed by atoms with Gasteiger partial charge in [-0.25, -0.2) is 0 Å². The summed E-state index contributed by atoms with van der Waals surface area (Å²) >= 11 is 0. The predicted molar refractivity (Wildman–Crippen MR) is 53.2 cm³/mol. The zero-order valence-corrected chi connectivity index (χ0v) is 7.06. The molecule has 0 unspecified atom stereocenters. The Kier molecular flexibility index (Phi) is 22.2. The third kappa shape index (κ3) is 30.0. The summed E-state index contributed by atoms with van der Waals surface area (Å²) in [5.74, 6) is 0. The first-order valence-electron chi connectivity index (χ1n) is 1.99. The number of hydrogen-bond donors (Lipinski definition) is 3. The molecule has 3 N–H and O–H groups in total. The molecule has 0 amide bonds. The number of alkyl halides is 3. The Bertz CT molecular complexity index is 336. The van der Waals surface area contributed by atoms with Crippen molar-refractivity contribution >= 4 is 109 Å². The van der Waals surface area contributed by atoms with E-state index in [4.69, 9.17) is 30.5 Å². The van der Waals surface area contributed by atoms with E-state index in [0.29, 0.717) is 0 Å². The van der Waals surface area contributed by atoms with Crippen molar-refractivity contribution in [3.05, 3.63) is 0 Å². The summed E-state index contributed by atoms with van der Waals surface area (Å²) in [5.41, 5.74) is -5.53. The van der Waals surface area contributed by atoms with Crippen LogP contribution in [0.5, 0.6) is 0 Å². The molecule has 0 fully saturated rings. The van der Waals surface area contributed by atoms with Crippen molar-refractivity contribution in [1.29, 1.82) is 0 Å². The summed E-state index contributed by atoms with van der Waals surface area (Å²) in [4.78, 5) is 0. The Morgan fingerprint density at radius 2 is 0.812 bits per heavy atom. The predicted octanol–water partition coefficient (Wildman–Crippen LogP) is -2.20. The summed E-state index contributed by atoms with van der Waals surface area (Å²) < 4.78 is 89.1. The molecule has 0 saturated heterocycles. The quantitative estimate of drug-likeness (QED) is 0.262. The molecular formula is CH6F3Na3O7S2. The molecule has 88 valence electrons. The maximum absolute atomic E-state index is 10.7. The van der Waals surface area contributed by atoms with Crippen LogP contribution < -0.4 is 0 Å². The number of halogens is 3. The Hall–Kier alpha value is 2.57. The minimum absolute atomic E-state index is 0. The molecule has 0 aromatic carbocycles. The third-order valence-corrected chi connectivity index (χ3v) is 0.877. The van der Waals surface area contributed by atoms with Crippen LogP contribution >= 0.6 is 0 Å². The fraction of sp³-hybridized carbons (Fsp3) is 1.00. The molecule has 15 heteroatoms. The average Bonchev–Trinajstić information content (AvgIpc) is 1.50. The molecule has 0 aromatic rings. The molecule has 0 saturated carbocycles. The van der Waals surface area contributed by atoms with Gasteiger partial charge in [0, 0.05) is 0 Å². The van der Waals surface area contributed by atoms with E-state index < -0.39 is 26.0 Å². The average molecular weight is 320 g/mol. The number of hydrogen-bond acceptors (Lipinski definition) is 4. The second-order valence-electron chi connectivity index (χ2n) is 1.37. The van der Waals surface area contributed by atoms with Crippen molar-refractivity contribution in [2.75, 3.05) is 0 Å². The summed E-state index contributed by atoms with van der Waals surface area (Å²) in [6.45, 7) is 0. The van der Waals surface area contributed by atoms with E-state index in [1.54, 1.807) is 0 Å². The van der Waals surface area contributed by atoms with Gasteiger partial charge in [-0.3, -0.25) is 13.7 Å². The molecule has 0 bridgehead atoms. The van der Waals surface area contributed by atoms with Crippen LogP contribution in [0.2, 0.25) is 0 Å². The molecule has 0 aliphatic carbocycles. The van der Waals surface area contributed by atoms with E-state index >= 15 is 0 Å². The van der Waals surface area contributed by atoms with E-state index in [9.17, 15) is 13.2 Å². The molecule has 0 aliphatic rings. The van der Waals surface area contributed by atoms with Crippen molar-refractivity contribution in [2.24, 2.45) is 0 Å². The number of rotatable bonds is 0. The van der Waals surface area contributed by atoms with Gasteiger partial charge < -0.3 is 0 Å². The normalized spacial score (nSPS) is 10.6. The van der Waals surface area contributed by atoms with Crippen molar-refractivity contribution < 1.29 is 43.7 Å². The summed E-state index contributed by atoms with van der Waals surface area (Å²) in [6, 6.07) is 0. The zero-order chi connectivity index (χ0) is 11.5. The summed E-state index contributed by atoms with van der Waals surface area (Å²) in [6.07, 6.45) is 0. The Balaban J connectivity index is -0.0000000454. The Morgan fingerprint density at radius 3 is 0.812 bits per heavy atom. The first-order chi connectivity index (χ1) is 5.25. The molecule has 0 aromatic heterocycles. The van der Waals surface area contributed by atoms with Gasteiger partial charge in [-0.05, 0) is 0 Å². The van der Waals surface area contributed by atoms with E-state index in [0.717, 1.165) is 0 Å². The van der Waals surface area contributed by atoms with Crippen LogP contribution in [0.4, 0.5) is 13.2 Å². The van der Waals surface area contributed by atoms with E-state index in [1.807, 2.05) is 0 Å². The molecule has 0 heterocycles. The second-order valence-corrected chi connectivity index (χ2v) is 3.68. The molecule has 16 heavy (non-hydrogen) atoms. The fourth-order valence-corrected chi connectivity index (χ4v) is 0. The summed E-state index contributed by atoms with van der Waals surface area (Å²) in [5, 5.41) is 0. The van der Waals surface area contributed by atoms with Gasteiger partial charge in [0.1, 0.15) is 0 Å². The van der Waals surface area contributed by atoms with E-state index in [-0.39, 0.29) is 88.7 Å². The SMILES string of the molecule is O=S(=O)(O)C(F)(F)F.O=S(=O)(O)O.[NaH].[NaH].[NaH]. The summed E-state index contributed by atoms with van der Waals surface area (Å²) in [7, 11) is -10.5. The first-order valence-corrected chi connectivity index (χ1v) is 4.82. The van der Waals surface area contributed by atoms with Crippen LogP contribution in [-0.4, -0.2) is 125 Å².